The number of carbonyl (C=O) groups excluding carboxylic acids is 2. The molecule has 0 aromatic carbocycles. The highest BCUT2D eigenvalue weighted by Crippen LogP contribution is 2.41. The Balaban J connectivity index is 1.43. The quantitative estimate of drug-likeness (QED) is 0.813. The first-order valence-electron chi connectivity index (χ1n) is 10.1. The molecule has 1 aromatic heterocycles. The lowest BCUT2D eigenvalue weighted by atomic mass is 9.77. The van der Waals surface area contributed by atoms with Gasteiger partial charge in [0.25, 0.3) is 5.91 Å². The summed E-state index contributed by atoms with van der Waals surface area (Å²) in [5, 5.41) is 0. The molecule has 1 spiro atoms. The van der Waals surface area contributed by atoms with Crippen LogP contribution in [0.3, 0.4) is 0 Å². The van der Waals surface area contributed by atoms with Crippen LogP contribution in [0, 0.1) is 18.3 Å². The number of piperidine rings is 1. The molecule has 1 aliphatic carbocycles. The smallest absolute Gasteiger partial charge is 0.265 e. The fraction of sp³-hybridized carbons (Fsp3) is 0.750. The normalized spacial score (nSPS) is 27.5. The summed E-state index contributed by atoms with van der Waals surface area (Å²) in [4.78, 5) is 35.1. The van der Waals surface area contributed by atoms with E-state index in [1.165, 1.54) is 43.4 Å². The molecule has 6 heteroatoms. The highest BCUT2D eigenvalue weighted by atomic mass is 32.1. The van der Waals surface area contributed by atoms with Gasteiger partial charge in [0.05, 0.1) is 16.6 Å². The number of hydrogen-bond acceptors (Lipinski definition) is 4. The number of amides is 2. The molecule has 0 bridgehead atoms. The molecule has 1 saturated carbocycles. The van der Waals surface area contributed by atoms with E-state index in [0.29, 0.717) is 24.9 Å². The summed E-state index contributed by atoms with van der Waals surface area (Å²) in [7, 11) is 0. The number of likely N-dealkylation sites (tertiary alicyclic amines) is 2. The maximum absolute atomic E-state index is 13.3. The van der Waals surface area contributed by atoms with E-state index in [4.69, 9.17) is 0 Å². The van der Waals surface area contributed by atoms with Gasteiger partial charge in [-0.1, -0.05) is 19.3 Å². The van der Waals surface area contributed by atoms with Crippen LogP contribution in [0.4, 0.5) is 0 Å². The van der Waals surface area contributed by atoms with Gasteiger partial charge in [0.1, 0.15) is 4.88 Å². The summed E-state index contributed by atoms with van der Waals surface area (Å²) in [6.07, 6.45) is 9.33. The van der Waals surface area contributed by atoms with Crippen molar-refractivity contribution in [2.24, 2.45) is 11.3 Å². The number of thiazole rings is 1. The summed E-state index contributed by atoms with van der Waals surface area (Å²) in [6, 6.07) is 0. The van der Waals surface area contributed by atoms with Gasteiger partial charge in [-0.3, -0.25) is 9.59 Å². The topological polar surface area (TPSA) is 53.5 Å². The Morgan fingerprint density at radius 3 is 2.77 bits per heavy atom. The van der Waals surface area contributed by atoms with E-state index >= 15 is 0 Å². The second-order valence-corrected chi connectivity index (χ2v) is 9.24. The zero-order valence-electron chi connectivity index (χ0n) is 15.7. The van der Waals surface area contributed by atoms with Gasteiger partial charge in [0.2, 0.25) is 5.91 Å². The first-order chi connectivity index (χ1) is 12.6. The summed E-state index contributed by atoms with van der Waals surface area (Å²) < 4.78 is 0. The van der Waals surface area contributed by atoms with Gasteiger partial charge in [0, 0.05) is 26.2 Å². The largest absolute Gasteiger partial charge is 0.342 e. The molecular formula is C20H29N3O2S. The van der Waals surface area contributed by atoms with Gasteiger partial charge in [-0.05, 0) is 44.9 Å². The minimum Gasteiger partial charge on any atom is -0.342 e. The van der Waals surface area contributed by atoms with Gasteiger partial charge < -0.3 is 9.80 Å². The van der Waals surface area contributed by atoms with Crippen LogP contribution in [0.5, 0.6) is 0 Å². The van der Waals surface area contributed by atoms with Gasteiger partial charge in [-0.15, -0.1) is 11.3 Å². The van der Waals surface area contributed by atoms with Crippen LogP contribution in [0.25, 0.3) is 0 Å². The van der Waals surface area contributed by atoms with Crippen molar-refractivity contribution in [2.45, 2.75) is 58.3 Å². The Hall–Kier alpha value is -1.43. The molecule has 142 valence electrons. The second kappa shape index (κ2) is 7.29. The molecule has 4 rings (SSSR count). The van der Waals surface area contributed by atoms with E-state index in [-0.39, 0.29) is 11.3 Å². The second-order valence-electron chi connectivity index (χ2n) is 8.38. The third kappa shape index (κ3) is 3.28. The van der Waals surface area contributed by atoms with Crippen molar-refractivity contribution in [3.8, 4) is 0 Å². The Morgan fingerprint density at radius 1 is 1.23 bits per heavy atom. The van der Waals surface area contributed by atoms with Crippen molar-refractivity contribution in [3.63, 3.8) is 0 Å². The average molecular weight is 376 g/mol. The standard InChI is InChI=1S/C20H29N3O2S/c1-15-17(26-14-21-15)18(24)23-11-9-20(13-23)8-5-10-22(19(20)25)12-16-6-3-2-4-7-16/h14,16H,2-13H2,1H3/t20-/m1/s1. The van der Waals surface area contributed by atoms with Crippen molar-refractivity contribution < 1.29 is 9.59 Å². The van der Waals surface area contributed by atoms with Crippen molar-refractivity contribution in [1.82, 2.24) is 14.8 Å². The maximum atomic E-state index is 13.3. The molecule has 3 fully saturated rings. The van der Waals surface area contributed by atoms with Crippen LogP contribution < -0.4 is 0 Å². The van der Waals surface area contributed by atoms with Crippen LogP contribution in [-0.4, -0.2) is 52.8 Å². The lowest BCUT2D eigenvalue weighted by Crippen LogP contribution is -2.51. The fourth-order valence-electron chi connectivity index (χ4n) is 5.08. The molecule has 2 aliphatic heterocycles. The first-order valence-corrected chi connectivity index (χ1v) is 11.0. The average Bonchev–Trinajstić information content (AvgIpc) is 3.27. The minimum absolute atomic E-state index is 0.0547. The zero-order chi connectivity index (χ0) is 18.1. The highest BCUT2D eigenvalue weighted by molar-refractivity contribution is 7.11. The molecule has 1 atom stereocenters. The SMILES string of the molecule is Cc1ncsc1C(=O)N1CC[C@]2(CCCN(CC3CCCCC3)C2=O)C1. The van der Waals surface area contributed by atoms with Crippen LogP contribution in [0.15, 0.2) is 5.51 Å². The van der Waals surface area contributed by atoms with Crippen molar-refractivity contribution in [3.05, 3.63) is 16.1 Å². The van der Waals surface area contributed by atoms with E-state index in [0.717, 1.165) is 42.9 Å². The number of aryl methyl sites for hydroxylation is 1. The molecule has 3 aliphatic rings. The molecule has 5 nitrogen and oxygen atoms in total. The Morgan fingerprint density at radius 2 is 2.04 bits per heavy atom. The van der Waals surface area contributed by atoms with Gasteiger partial charge in [-0.25, -0.2) is 4.98 Å². The van der Waals surface area contributed by atoms with Crippen molar-refractivity contribution >= 4 is 23.2 Å². The molecule has 0 N–H and O–H groups in total. The molecule has 1 aromatic rings. The minimum atomic E-state index is -0.332. The number of nitrogens with zero attached hydrogens (tertiary/aromatic N) is 3. The summed E-state index contributed by atoms with van der Waals surface area (Å²) in [5.41, 5.74) is 2.20. The third-order valence-electron chi connectivity index (χ3n) is 6.61. The zero-order valence-corrected chi connectivity index (χ0v) is 16.5. The molecule has 2 saturated heterocycles. The van der Waals surface area contributed by atoms with Gasteiger partial charge in [0.15, 0.2) is 0 Å². The van der Waals surface area contributed by atoms with E-state index in [1.54, 1.807) is 5.51 Å². The van der Waals surface area contributed by atoms with Crippen LogP contribution in [0.1, 0.15) is 66.7 Å². The molecule has 3 heterocycles. The number of rotatable bonds is 3. The lowest BCUT2D eigenvalue weighted by Gasteiger charge is -2.41. The Kier molecular flexibility index (Phi) is 5.04. The molecule has 2 amide bonds. The first kappa shape index (κ1) is 18.0. The monoisotopic (exact) mass is 375 g/mol. The molecule has 26 heavy (non-hydrogen) atoms. The van der Waals surface area contributed by atoms with Crippen LogP contribution in [-0.2, 0) is 4.79 Å². The Labute approximate surface area is 159 Å². The lowest BCUT2D eigenvalue weighted by molar-refractivity contribution is -0.146. The number of aromatic nitrogens is 1. The van der Waals surface area contributed by atoms with E-state index in [9.17, 15) is 9.59 Å². The van der Waals surface area contributed by atoms with Crippen molar-refractivity contribution in [1.29, 1.82) is 0 Å². The van der Waals surface area contributed by atoms with E-state index in [2.05, 4.69) is 9.88 Å². The summed E-state index contributed by atoms with van der Waals surface area (Å²) in [5.74, 6) is 1.05. The van der Waals surface area contributed by atoms with Crippen molar-refractivity contribution in [2.75, 3.05) is 26.2 Å². The van der Waals surface area contributed by atoms with E-state index < -0.39 is 0 Å². The van der Waals surface area contributed by atoms with Gasteiger partial charge in [-0.2, -0.15) is 0 Å². The predicted octanol–water partition coefficient (Wildman–Crippen LogP) is 3.49. The molecule has 0 unspecified atom stereocenters. The number of carbonyl (C=O) groups is 2. The van der Waals surface area contributed by atoms with Crippen LogP contribution >= 0.6 is 11.3 Å². The molecular weight excluding hydrogens is 346 g/mol. The summed E-state index contributed by atoms with van der Waals surface area (Å²) >= 11 is 1.41. The highest BCUT2D eigenvalue weighted by Gasteiger charge is 2.49. The maximum Gasteiger partial charge on any atom is 0.265 e. The fourth-order valence-corrected chi connectivity index (χ4v) is 5.85. The third-order valence-corrected chi connectivity index (χ3v) is 7.52. The predicted molar refractivity (Wildman–Crippen MR) is 102 cm³/mol. The van der Waals surface area contributed by atoms with E-state index in [1.807, 2.05) is 11.8 Å². The van der Waals surface area contributed by atoms with Gasteiger partial charge >= 0.3 is 0 Å². The Bertz CT molecular complexity index is 682. The molecule has 0 radical (unpaired) electrons. The summed E-state index contributed by atoms with van der Waals surface area (Å²) in [6.45, 7) is 5.00. The van der Waals surface area contributed by atoms with Crippen LogP contribution in [0.2, 0.25) is 0 Å². The number of hydrogen-bond donors (Lipinski definition) is 0.